The molecule has 1 aromatic carbocycles. The van der Waals surface area contributed by atoms with E-state index in [1.54, 1.807) is 6.07 Å². The van der Waals surface area contributed by atoms with E-state index in [4.69, 9.17) is 13.9 Å². The lowest BCUT2D eigenvalue weighted by molar-refractivity contribution is 0.0303. The molecule has 0 saturated carbocycles. The molecule has 1 aromatic heterocycles. The molecule has 0 atom stereocenters. The van der Waals surface area contributed by atoms with E-state index < -0.39 is 0 Å². The van der Waals surface area contributed by atoms with Gasteiger partial charge in [-0.1, -0.05) is 0 Å². The molecule has 2 aliphatic rings. The van der Waals surface area contributed by atoms with Crippen LogP contribution in [0.4, 0.5) is 0 Å². The molecule has 0 spiro atoms. The first kappa shape index (κ1) is 19.5. The summed E-state index contributed by atoms with van der Waals surface area (Å²) < 4.78 is 16.2. The summed E-state index contributed by atoms with van der Waals surface area (Å²) in [6, 6.07) is 9.04. The second kappa shape index (κ2) is 9.13. The van der Waals surface area contributed by atoms with Crippen LogP contribution in [0.25, 0.3) is 0 Å². The van der Waals surface area contributed by atoms with E-state index in [1.165, 1.54) is 12.5 Å². The number of hydrogen-bond acceptors (Lipinski definition) is 5. The first-order valence-electron chi connectivity index (χ1n) is 10.1. The summed E-state index contributed by atoms with van der Waals surface area (Å²) in [4.78, 5) is 28.5. The van der Waals surface area contributed by atoms with Crippen LogP contribution in [0.2, 0.25) is 0 Å². The quantitative estimate of drug-likeness (QED) is 0.774. The highest BCUT2D eigenvalue weighted by Crippen LogP contribution is 2.21. The van der Waals surface area contributed by atoms with E-state index >= 15 is 0 Å². The van der Waals surface area contributed by atoms with Crippen LogP contribution in [-0.2, 0) is 4.74 Å². The predicted octanol–water partition coefficient (Wildman–Crippen LogP) is 2.68. The van der Waals surface area contributed by atoms with Gasteiger partial charge < -0.3 is 23.7 Å². The number of rotatable bonds is 5. The molecule has 3 heterocycles. The van der Waals surface area contributed by atoms with E-state index in [0.29, 0.717) is 50.0 Å². The molecule has 7 nitrogen and oxygen atoms in total. The molecule has 2 fully saturated rings. The minimum absolute atomic E-state index is 0.0265. The van der Waals surface area contributed by atoms with Gasteiger partial charge in [-0.2, -0.15) is 0 Å². The molecule has 154 valence electrons. The molecule has 0 bridgehead atoms. The second-order valence-corrected chi connectivity index (χ2v) is 7.49. The Hall–Kier alpha value is -2.80. The fourth-order valence-corrected chi connectivity index (χ4v) is 3.73. The summed E-state index contributed by atoms with van der Waals surface area (Å²) >= 11 is 0. The number of carbonyl (C=O) groups excluding carboxylic acids is 2. The van der Waals surface area contributed by atoms with Crippen LogP contribution in [0.3, 0.4) is 0 Å². The molecule has 0 radical (unpaired) electrons. The number of amides is 2. The number of likely N-dealkylation sites (tertiary alicyclic amines) is 1. The highest BCUT2D eigenvalue weighted by atomic mass is 16.5. The number of piperidine rings is 1. The van der Waals surface area contributed by atoms with Crippen molar-refractivity contribution in [2.75, 3.05) is 46.0 Å². The number of benzene rings is 1. The van der Waals surface area contributed by atoms with E-state index in [1.807, 2.05) is 34.1 Å². The van der Waals surface area contributed by atoms with Gasteiger partial charge in [0.1, 0.15) is 12.0 Å². The summed E-state index contributed by atoms with van der Waals surface area (Å²) in [5.74, 6) is 1.24. The highest BCUT2D eigenvalue weighted by Gasteiger charge is 2.24. The number of ether oxygens (including phenoxy) is 2. The monoisotopic (exact) mass is 398 g/mol. The van der Waals surface area contributed by atoms with Crippen molar-refractivity contribution >= 4 is 11.8 Å². The van der Waals surface area contributed by atoms with Crippen LogP contribution in [-0.4, -0.2) is 67.6 Å². The largest absolute Gasteiger partial charge is 0.493 e. The molecule has 0 unspecified atom stereocenters. The molecule has 2 aromatic rings. The zero-order valence-corrected chi connectivity index (χ0v) is 16.4. The van der Waals surface area contributed by atoms with Gasteiger partial charge >= 0.3 is 0 Å². The third-order valence-corrected chi connectivity index (χ3v) is 5.56. The van der Waals surface area contributed by atoms with Gasteiger partial charge in [0, 0.05) is 31.7 Å². The lowest BCUT2D eigenvalue weighted by atomic mass is 9.97. The van der Waals surface area contributed by atoms with E-state index in [9.17, 15) is 9.59 Å². The fourth-order valence-electron chi connectivity index (χ4n) is 3.73. The Morgan fingerprint density at radius 1 is 0.897 bits per heavy atom. The van der Waals surface area contributed by atoms with E-state index in [2.05, 4.69) is 0 Å². The number of hydrogen-bond donors (Lipinski definition) is 0. The van der Waals surface area contributed by atoms with Crippen molar-refractivity contribution in [1.29, 1.82) is 0 Å². The molecule has 2 amide bonds. The van der Waals surface area contributed by atoms with Crippen LogP contribution in [0.5, 0.6) is 5.75 Å². The number of morpholine rings is 1. The molecule has 4 rings (SSSR count). The van der Waals surface area contributed by atoms with Gasteiger partial charge in [0.2, 0.25) is 0 Å². The van der Waals surface area contributed by atoms with Crippen LogP contribution >= 0.6 is 0 Å². The van der Waals surface area contributed by atoms with Gasteiger partial charge in [-0.15, -0.1) is 0 Å². The highest BCUT2D eigenvalue weighted by molar-refractivity contribution is 5.94. The average Bonchev–Trinajstić information content (AvgIpc) is 3.33. The first-order valence-corrected chi connectivity index (χ1v) is 10.1. The maximum Gasteiger partial charge on any atom is 0.257 e. The van der Waals surface area contributed by atoms with Crippen LogP contribution in [0.15, 0.2) is 47.3 Å². The van der Waals surface area contributed by atoms with Crippen molar-refractivity contribution in [3.05, 3.63) is 54.0 Å². The number of carbonyl (C=O) groups is 2. The van der Waals surface area contributed by atoms with Gasteiger partial charge in [0.25, 0.3) is 11.8 Å². The van der Waals surface area contributed by atoms with Gasteiger partial charge in [-0.25, -0.2) is 0 Å². The number of furan rings is 1. The van der Waals surface area contributed by atoms with Gasteiger partial charge in [-0.3, -0.25) is 9.59 Å². The summed E-state index contributed by atoms with van der Waals surface area (Å²) in [6.45, 7) is 4.54. The minimum Gasteiger partial charge on any atom is -0.493 e. The maximum atomic E-state index is 12.5. The summed E-state index contributed by atoms with van der Waals surface area (Å²) in [5.41, 5.74) is 1.27. The van der Waals surface area contributed by atoms with Gasteiger partial charge in [0.05, 0.1) is 31.6 Å². The normalized spacial score (nSPS) is 17.9. The molecule has 29 heavy (non-hydrogen) atoms. The first-order chi connectivity index (χ1) is 14.2. The molecule has 2 saturated heterocycles. The zero-order valence-electron chi connectivity index (χ0n) is 16.4. The molecule has 2 aliphatic heterocycles. The average molecular weight is 398 g/mol. The van der Waals surface area contributed by atoms with Crippen molar-refractivity contribution in [3.63, 3.8) is 0 Å². The summed E-state index contributed by atoms with van der Waals surface area (Å²) in [6.07, 6.45) is 4.84. The van der Waals surface area contributed by atoms with Crippen molar-refractivity contribution in [3.8, 4) is 5.75 Å². The summed E-state index contributed by atoms with van der Waals surface area (Å²) in [5, 5.41) is 0. The number of nitrogens with zero attached hydrogens (tertiary/aromatic N) is 2. The van der Waals surface area contributed by atoms with Crippen LogP contribution in [0.1, 0.15) is 33.6 Å². The van der Waals surface area contributed by atoms with Crippen molar-refractivity contribution in [2.24, 2.45) is 5.92 Å². The Kier molecular flexibility index (Phi) is 6.14. The van der Waals surface area contributed by atoms with Crippen LogP contribution in [0, 0.1) is 5.92 Å². The summed E-state index contributed by atoms with van der Waals surface area (Å²) in [7, 11) is 0. The Balaban J connectivity index is 1.22. The van der Waals surface area contributed by atoms with Crippen molar-refractivity contribution < 1.29 is 23.5 Å². The van der Waals surface area contributed by atoms with Gasteiger partial charge in [-0.05, 0) is 49.1 Å². The van der Waals surface area contributed by atoms with E-state index in [0.717, 1.165) is 31.7 Å². The topological polar surface area (TPSA) is 72.2 Å². The molecule has 0 aliphatic carbocycles. The molecule has 0 N–H and O–H groups in total. The molecular weight excluding hydrogens is 372 g/mol. The Morgan fingerprint density at radius 3 is 2.21 bits per heavy atom. The Bertz CT molecular complexity index is 804. The maximum absolute atomic E-state index is 12.5. The predicted molar refractivity (Wildman–Crippen MR) is 106 cm³/mol. The van der Waals surface area contributed by atoms with Gasteiger partial charge in [0.15, 0.2) is 0 Å². The fraction of sp³-hybridized carbons (Fsp3) is 0.455. The van der Waals surface area contributed by atoms with E-state index in [-0.39, 0.29) is 11.8 Å². The van der Waals surface area contributed by atoms with Crippen molar-refractivity contribution in [1.82, 2.24) is 9.80 Å². The van der Waals surface area contributed by atoms with Crippen molar-refractivity contribution in [2.45, 2.75) is 12.8 Å². The smallest absolute Gasteiger partial charge is 0.257 e. The third kappa shape index (κ3) is 4.79. The minimum atomic E-state index is 0.0265. The third-order valence-electron chi connectivity index (χ3n) is 5.56. The SMILES string of the molecule is O=C(c1ccc(OCC2CCN(C(=O)c3ccoc3)CC2)cc1)N1CCOCC1. The molecular formula is C22H26N2O5. The Labute approximate surface area is 170 Å². The second-order valence-electron chi connectivity index (χ2n) is 7.49. The lowest BCUT2D eigenvalue weighted by Gasteiger charge is -2.31. The standard InChI is InChI=1S/C22H26N2O5/c25-21(24-10-13-27-14-11-24)18-1-3-20(4-2-18)29-15-17-5-8-23(9-6-17)22(26)19-7-12-28-16-19/h1-4,7,12,16-17H,5-6,8-11,13-15H2. The molecule has 7 heteroatoms. The zero-order chi connectivity index (χ0) is 20.1. The lowest BCUT2D eigenvalue weighted by Crippen LogP contribution is -2.40. The van der Waals surface area contributed by atoms with Crippen LogP contribution < -0.4 is 4.74 Å². The Morgan fingerprint density at radius 2 is 1.55 bits per heavy atom.